The summed E-state index contributed by atoms with van der Waals surface area (Å²) in [5.74, 6) is -1.87. The Morgan fingerprint density at radius 2 is 2.00 bits per heavy atom. The van der Waals surface area contributed by atoms with Gasteiger partial charge in [0.1, 0.15) is 0 Å². The van der Waals surface area contributed by atoms with Gasteiger partial charge in [0, 0.05) is 0 Å². The standard InChI is InChI=1S/C6H12O4/c1-4(2)6(10,3-7)5(8)9/h4,7,10H,3H2,1-2H3,(H,8,9). The second-order valence-electron chi connectivity index (χ2n) is 2.54. The molecule has 0 heterocycles. The molecule has 1 unspecified atom stereocenters. The molecule has 0 aliphatic carbocycles. The van der Waals surface area contributed by atoms with E-state index in [1.54, 1.807) is 0 Å². The first-order valence-electron chi connectivity index (χ1n) is 3.01. The lowest BCUT2D eigenvalue weighted by Crippen LogP contribution is -2.47. The van der Waals surface area contributed by atoms with Crippen LogP contribution in [0.1, 0.15) is 13.8 Å². The Hall–Kier alpha value is -0.610. The van der Waals surface area contributed by atoms with Crippen LogP contribution in [0.25, 0.3) is 0 Å². The molecule has 0 saturated carbocycles. The van der Waals surface area contributed by atoms with Gasteiger partial charge in [-0.15, -0.1) is 0 Å². The summed E-state index contributed by atoms with van der Waals surface area (Å²) in [5.41, 5.74) is -1.99. The van der Waals surface area contributed by atoms with E-state index in [0.29, 0.717) is 0 Å². The fraction of sp³-hybridized carbons (Fsp3) is 0.833. The quantitative estimate of drug-likeness (QED) is 0.502. The summed E-state index contributed by atoms with van der Waals surface area (Å²) >= 11 is 0. The first-order chi connectivity index (χ1) is 4.45. The molecule has 10 heavy (non-hydrogen) atoms. The number of carboxylic acid groups (broad SMARTS) is 1. The van der Waals surface area contributed by atoms with Gasteiger partial charge in [0.15, 0.2) is 5.60 Å². The molecule has 4 nitrogen and oxygen atoms in total. The molecule has 0 aromatic rings. The maximum absolute atomic E-state index is 10.3. The van der Waals surface area contributed by atoms with Gasteiger partial charge in [0.25, 0.3) is 0 Å². The summed E-state index contributed by atoms with van der Waals surface area (Å²) in [7, 11) is 0. The van der Waals surface area contributed by atoms with E-state index >= 15 is 0 Å². The Morgan fingerprint density at radius 1 is 1.60 bits per heavy atom. The summed E-state index contributed by atoms with van der Waals surface area (Å²) in [6, 6.07) is 0. The number of aliphatic carboxylic acids is 1. The van der Waals surface area contributed by atoms with Crippen molar-refractivity contribution >= 4 is 5.97 Å². The summed E-state index contributed by atoms with van der Waals surface area (Å²) in [5, 5.41) is 26.0. The molecule has 0 aromatic carbocycles. The normalized spacial score (nSPS) is 16.9. The van der Waals surface area contributed by atoms with E-state index in [1.165, 1.54) is 13.8 Å². The average molecular weight is 148 g/mol. The van der Waals surface area contributed by atoms with Crippen LogP contribution in [-0.4, -0.2) is 33.5 Å². The van der Waals surface area contributed by atoms with Crippen LogP contribution in [0.4, 0.5) is 0 Å². The highest BCUT2D eigenvalue weighted by Gasteiger charge is 2.38. The fourth-order valence-corrected chi connectivity index (χ4v) is 0.497. The van der Waals surface area contributed by atoms with Gasteiger partial charge in [-0.25, -0.2) is 4.79 Å². The lowest BCUT2D eigenvalue weighted by Gasteiger charge is -2.24. The van der Waals surface area contributed by atoms with Crippen molar-refractivity contribution < 1.29 is 20.1 Å². The minimum Gasteiger partial charge on any atom is -0.479 e. The summed E-state index contributed by atoms with van der Waals surface area (Å²) in [4.78, 5) is 10.3. The smallest absolute Gasteiger partial charge is 0.338 e. The minimum atomic E-state index is -1.99. The Morgan fingerprint density at radius 3 is 2.00 bits per heavy atom. The monoisotopic (exact) mass is 148 g/mol. The Bertz CT molecular complexity index is 132. The molecule has 0 bridgehead atoms. The third-order valence-corrected chi connectivity index (χ3v) is 1.57. The molecule has 0 aliphatic heterocycles. The van der Waals surface area contributed by atoms with Gasteiger partial charge in [-0.2, -0.15) is 0 Å². The topological polar surface area (TPSA) is 77.8 Å². The fourth-order valence-electron chi connectivity index (χ4n) is 0.497. The lowest BCUT2D eigenvalue weighted by atomic mass is 9.92. The Labute approximate surface area is 59.1 Å². The van der Waals surface area contributed by atoms with Crippen LogP contribution in [0.15, 0.2) is 0 Å². The molecule has 60 valence electrons. The van der Waals surface area contributed by atoms with Gasteiger partial charge in [0.2, 0.25) is 0 Å². The molecule has 0 rings (SSSR count). The number of aliphatic hydroxyl groups excluding tert-OH is 1. The molecule has 0 amide bonds. The summed E-state index contributed by atoms with van der Waals surface area (Å²) in [6.07, 6.45) is 0. The Kier molecular flexibility index (Phi) is 2.80. The van der Waals surface area contributed by atoms with Gasteiger partial charge in [-0.1, -0.05) is 13.8 Å². The number of carbonyl (C=O) groups is 1. The predicted octanol–water partition coefficient (Wildman–Crippen LogP) is -0.550. The van der Waals surface area contributed by atoms with Crippen molar-refractivity contribution in [2.45, 2.75) is 19.4 Å². The first-order valence-corrected chi connectivity index (χ1v) is 3.01. The molecule has 0 saturated heterocycles. The second-order valence-corrected chi connectivity index (χ2v) is 2.54. The SMILES string of the molecule is CC(C)C(O)(CO)C(=O)O. The third kappa shape index (κ3) is 1.46. The third-order valence-electron chi connectivity index (χ3n) is 1.57. The van der Waals surface area contributed by atoms with Gasteiger partial charge in [0.05, 0.1) is 6.61 Å². The maximum Gasteiger partial charge on any atom is 0.338 e. The van der Waals surface area contributed by atoms with Crippen LogP contribution in [0.5, 0.6) is 0 Å². The molecule has 0 fully saturated rings. The van der Waals surface area contributed by atoms with E-state index in [2.05, 4.69) is 0 Å². The minimum absolute atomic E-state index is 0.491. The first kappa shape index (κ1) is 9.39. The maximum atomic E-state index is 10.3. The molecule has 1 atom stereocenters. The van der Waals surface area contributed by atoms with Crippen molar-refractivity contribution in [2.24, 2.45) is 5.92 Å². The van der Waals surface area contributed by atoms with Crippen LogP contribution in [-0.2, 0) is 4.79 Å². The van der Waals surface area contributed by atoms with Crippen molar-refractivity contribution in [1.82, 2.24) is 0 Å². The van der Waals surface area contributed by atoms with Crippen molar-refractivity contribution in [3.05, 3.63) is 0 Å². The van der Waals surface area contributed by atoms with Crippen molar-refractivity contribution in [3.63, 3.8) is 0 Å². The van der Waals surface area contributed by atoms with E-state index in [-0.39, 0.29) is 0 Å². The van der Waals surface area contributed by atoms with Crippen LogP contribution in [0.3, 0.4) is 0 Å². The molecular formula is C6H12O4. The number of carboxylic acids is 1. The van der Waals surface area contributed by atoms with Crippen LogP contribution in [0, 0.1) is 5.92 Å². The van der Waals surface area contributed by atoms with Gasteiger partial charge in [-0.05, 0) is 5.92 Å². The largest absolute Gasteiger partial charge is 0.479 e. The predicted molar refractivity (Wildman–Crippen MR) is 34.5 cm³/mol. The van der Waals surface area contributed by atoms with Crippen LogP contribution < -0.4 is 0 Å². The van der Waals surface area contributed by atoms with Crippen molar-refractivity contribution in [2.75, 3.05) is 6.61 Å². The van der Waals surface area contributed by atoms with Gasteiger partial charge in [-0.3, -0.25) is 0 Å². The second kappa shape index (κ2) is 2.98. The molecule has 0 aliphatic rings. The van der Waals surface area contributed by atoms with E-state index in [4.69, 9.17) is 15.3 Å². The van der Waals surface area contributed by atoms with Crippen molar-refractivity contribution in [3.8, 4) is 0 Å². The zero-order valence-corrected chi connectivity index (χ0v) is 6.03. The highest BCUT2D eigenvalue weighted by atomic mass is 16.4. The molecule has 0 radical (unpaired) electrons. The highest BCUT2D eigenvalue weighted by molar-refractivity contribution is 5.77. The van der Waals surface area contributed by atoms with E-state index in [1.807, 2.05) is 0 Å². The average Bonchev–Trinajstić information content (AvgIpc) is 1.85. The Balaban J connectivity index is 4.38. The van der Waals surface area contributed by atoms with E-state index < -0.39 is 24.1 Å². The van der Waals surface area contributed by atoms with Crippen LogP contribution >= 0.6 is 0 Å². The van der Waals surface area contributed by atoms with Crippen LogP contribution in [0.2, 0.25) is 0 Å². The van der Waals surface area contributed by atoms with E-state index in [0.717, 1.165) is 0 Å². The highest BCUT2D eigenvalue weighted by Crippen LogP contribution is 2.15. The van der Waals surface area contributed by atoms with Crippen molar-refractivity contribution in [1.29, 1.82) is 0 Å². The molecule has 3 N–H and O–H groups in total. The lowest BCUT2D eigenvalue weighted by molar-refractivity contribution is -0.168. The molecule has 4 heteroatoms. The molecule has 0 spiro atoms. The van der Waals surface area contributed by atoms with Gasteiger partial charge >= 0.3 is 5.97 Å². The number of hydrogen-bond acceptors (Lipinski definition) is 3. The summed E-state index contributed by atoms with van der Waals surface area (Å²) < 4.78 is 0. The number of aliphatic hydroxyl groups is 2. The molecule has 0 aromatic heterocycles. The van der Waals surface area contributed by atoms with Gasteiger partial charge < -0.3 is 15.3 Å². The van der Waals surface area contributed by atoms with E-state index in [9.17, 15) is 4.79 Å². The zero-order chi connectivity index (χ0) is 8.36. The number of hydrogen-bond donors (Lipinski definition) is 3. The summed E-state index contributed by atoms with van der Waals surface area (Å²) in [6.45, 7) is 2.31. The number of rotatable bonds is 3. The zero-order valence-electron chi connectivity index (χ0n) is 6.03. The molecular weight excluding hydrogens is 136 g/mol.